The van der Waals surface area contributed by atoms with Crippen LogP contribution in [-0.2, 0) is 9.59 Å². The number of halogens is 2. The van der Waals surface area contributed by atoms with Gasteiger partial charge in [-0.3, -0.25) is 14.6 Å². The summed E-state index contributed by atoms with van der Waals surface area (Å²) in [6.07, 6.45) is 0.265. The number of urea groups is 1. The van der Waals surface area contributed by atoms with E-state index in [1.165, 1.54) is 7.05 Å². The number of hydrogen-bond donors (Lipinski definition) is 3. The van der Waals surface area contributed by atoms with E-state index in [4.69, 9.17) is 5.84 Å². The normalized spacial score (nSPS) is 20.3. The van der Waals surface area contributed by atoms with E-state index < -0.39 is 48.6 Å². The Morgan fingerprint density at radius 3 is 2.54 bits per heavy atom. The van der Waals surface area contributed by atoms with E-state index in [-0.39, 0.29) is 18.9 Å². The lowest BCUT2D eigenvalue weighted by molar-refractivity contribution is -0.137. The second-order valence-electron chi connectivity index (χ2n) is 8.91. The van der Waals surface area contributed by atoms with E-state index in [0.717, 1.165) is 22.8 Å². The Kier molecular flexibility index (Phi) is 7.25. The zero-order valence-corrected chi connectivity index (χ0v) is 19.3. The fourth-order valence-corrected chi connectivity index (χ4v) is 4.22. The molecule has 4 amide bonds. The first-order valence-electron chi connectivity index (χ1n) is 11.5. The number of amides is 4. The van der Waals surface area contributed by atoms with Gasteiger partial charge in [0.25, 0.3) is 0 Å². The number of carbonyl (C=O) groups is 3. The largest absolute Gasteiger partial charge is 0.342 e. The summed E-state index contributed by atoms with van der Waals surface area (Å²) in [5.41, 5.74) is 1.53. The average molecular weight is 487 g/mol. The molecule has 2 fully saturated rings. The van der Waals surface area contributed by atoms with Gasteiger partial charge in [-0.2, -0.15) is 4.39 Å². The topological polar surface area (TPSA) is 121 Å². The molecule has 2 aromatic rings. The lowest BCUT2D eigenvalue weighted by Gasteiger charge is -2.27. The number of likely N-dealkylation sites (tertiary alicyclic amines) is 1. The monoisotopic (exact) mass is 486 g/mol. The molecule has 0 bridgehead atoms. The van der Waals surface area contributed by atoms with Gasteiger partial charge in [-0.05, 0) is 30.4 Å². The van der Waals surface area contributed by atoms with Gasteiger partial charge in [0.2, 0.25) is 17.8 Å². The van der Waals surface area contributed by atoms with Crippen molar-refractivity contribution in [1.82, 2.24) is 25.5 Å². The molecule has 2 heterocycles. The number of benzene rings is 1. The van der Waals surface area contributed by atoms with Gasteiger partial charge in [0.1, 0.15) is 12.2 Å². The van der Waals surface area contributed by atoms with Crippen molar-refractivity contribution in [2.75, 3.05) is 20.1 Å². The molecule has 4 rings (SSSR count). The molecule has 1 saturated heterocycles. The summed E-state index contributed by atoms with van der Waals surface area (Å²) in [5.74, 6) is 3.72. The number of aromatic nitrogens is 1. The summed E-state index contributed by atoms with van der Waals surface area (Å²) < 4.78 is 29.0. The van der Waals surface area contributed by atoms with Crippen molar-refractivity contribution in [3.05, 3.63) is 65.2 Å². The number of nitrogens with two attached hydrogens (primary N) is 1. The quantitative estimate of drug-likeness (QED) is 0.238. The van der Waals surface area contributed by atoms with E-state index in [1.807, 2.05) is 6.07 Å². The Balaban J connectivity index is 1.53. The molecule has 9 nitrogen and oxygen atoms in total. The minimum Gasteiger partial charge on any atom is -0.342 e. The maximum Gasteiger partial charge on any atom is 0.331 e. The number of rotatable bonds is 7. The van der Waals surface area contributed by atoms with Crippen molar-refractivity contribution in [1.29, 1.82) is 0 Å². The zero-order valence-electron chi connectivity index (χ0n) is 19.3. The average Bonchev–Trinajstić information content (AvgIpc) is 3.61. The molecular formula is C24H28F2N6O3. The molecule has 35 heavy (non-hydrogen) atoms. The molecule has 0 unspecified atom stereocenters. The Morgan fingerprint density at radius 2 is 1.91 bits per heavy atom. The highest BCUT2D eigenvalue weighted by Gasteiger charge is 2.40. The summed E-state index contributed by atoms with van der Waals surface area (Å²) in [6, 6.07) is 9.71. The molecule has 4 N–H and O–H groups in total. The highest BCUT2D eigenvalue weighted by atomic mass is 19.1. The van der Waals surface area contributed by atoms with Crippen LogP contribution in [0.25, 0.3) is 0 Å². The Morgan fingerprint density at radius 1 is 1.20 bits per heavy atom. The first-order chi connectivity index (χ1) is 16.7. The summed E-state index contributed by atoms with van der Waals surface area (Å²) in [7, 11) is 1.31. The Labute approximate surface area is 201 Å². The standard InChI is InChI=1S/C24H28F2N6O3/c1-31(27)24(35)28-12-20(33)32-13-16(25)11-19(32)23(34)30-21(15-5-3-2-4-6-15)18-10-9-17(14-7-8-14)22(26)29-18/h2-6,9-10,14,16,19,21H,7-8,11-13,27H2,1H3,(H,28,35)(H,30,34)/t16-,19+,21+/m1/s1. The van der Waals surface area contributed by atoms with Crippen LogP contribution in [0, 0.1) is 5.95 Å². The van der Waals surface area contributed by atoms with Gasteiger partial charge < -0.3 is 15.5 Å². The Hall–Kier alpha value is -3.60. The first kappa shape index (κ1) is 24.5. The number of nitrogens with one attached hydrogen (secondary N) is 2. The summed E-state index contributed by atoms with van der Waals surface area (Å²) in [4.78, 5) is 42.8. The van der Waals surface area contributed by atoms with Crippen LogP contribution in [0.3, 0.4) is 0 Å². The van der Waals surface area contributed by atoms with Crippen molar-refractivity contribution in [3.63, 3.8) is 0 Å². The number of hydrazine groups is 1. The zero-order chi connectivity index (χ0) is 25.1. The van der Waals surface area contributed by atoms with Crippen LogP contribution >= 0.6 is 0 Å². The third-order valence-electron chi connectivity index (χ3n) is 6.22. The summed E-state index contributed by atoms with van der Waals surface area (Å²) in [6.45, 7) is -0.710. The van der Waals surface area contributed by atoms with Gasteiger partial charge >= 0.3 is 6.03 Å². The Bertz CT molecular complexity index is 1100. The van der Waals surface area contributed by atoms with E-state index in [0.29, 0.717) is 16.8 Å². The second-order valence-corrected chi connectivity index (χ2v) is 8.91. The molecule has 11 heteroatoms. The predicted molar refractivity (Wildman–Crippen MR) is 123 cm³/mol. The fourth-order valence-electron chi connectivity index (χ4n) is 4.22. The van der Waals surface area contributed by atoms with Crippen LogP contribution in [0.5, 0.6) is 0 Å². The molecule has 3 atom stereocenters. The van der Waals surface area contributed by atoms with Crippen LogP contribution in [0.15, 0.2) is 42.5 Å². The van der Waals surface area contributed by atoms with Gasteiger partial charge in [0, 0.05) is 19.0 Å². The van der Waals surface area contributed by atoms with Crippen molar-refractivity contribution in [2.45, 2.75) is 43.4 Å². The van der Waals surface area contributed by atoms with Crippen LogP contribution in [-0.4, -0.2) is 65.1 Å². The van der Waals surface area contributed by atoms with E-state index in [9.17, 15) is 23.2 Å². The molecule has 0 spiro atoms. The van der Waals surface area contributed by atoms with E-state index in [1.54, 1.807) is 36.4 Å². The molecule has 1 aliphatic carbocycles. The van der Waals surface area contributed by atoms with Gasteiger partial charge in [0.05, 0.1) is 24.8 Å². The van der Waals surface area contributed by atoms with Crippen molar-refractivity contribution in [3.8, 4) is 0 Å². The molecular weight excluding hydrogens is 458 g/mol. The lowest BCUT2D eigenvalue weighted by atomic mass is 10.0. The molecule has 1 aromatic heterocycles. The number of carbonyl (C=O) groups excluding carboxylic acids is 3. The maximum absolute atomic E-state index is 14.7. The minimum atomic E-state index is -1.40. The van der Waals surface area contributed by atoms with Crippen molar-refractivity contribution in [2.24, 2.45) is 5.84 Å². The number of pyridine rings is 1. The third kappa shape index (κ3) is 5.73. The van der Waals surface area contributed by atoms with Crippen molar-refractivity contribution >= 4 is 17.8 Å². The van der Waals surface area contributed by atoms with E-state index >= 15 is 0 Å². The predicted octanol–water partition coefficient (Wildman–Crippen LogP) is 1.76. The maximum atomic E-state index is 14.7. The SMILES string of the molecule is CN(N)C(=O)NCC(=O)N1C[C@H](F)C[C@H]1C(=O)N[C@@H](c1ccccc1)c1ccc(C2CC2)c(F)n1. The minimum absolute atomic E-state index is 0.181. The number of nitrogens with zero attached hydrogens (tertiary/aromatic N) is 3. The highest BCUT2D eigenvalue weighted by molar-refractivity contribution is 5.91. The molecule has 2 aliphatic rings. The molecule has 1 aromatic carbocycles. The van der Waals surface area contributed by atoms with Crippen molar-refractivity contribution < 1.29 is 23.2 Å². The van der Waals surface area contributed by atoms with Crippen LogP contribution in [0.1, 0.15) is 48.0 Å². The van der Waals surface area contributed by atoms with Gasteiger partial charge in [-0.1, -0.05) is 36.4 Å². The molecule has 0 radical (unpaired) electrons. The molecule has 186 valence electrons. The van der Waals surface area contributed by atoms with Crippen LogP contribution in [0.2, 0.25) is 0 Å². The fraction of sp³-hybridized carbons (Fsp3) is 0.417. The summed E-state index contributed by atoms with van der Waals surface area (Å²) in [5, 5.41) is 5.91. The first-order valence-corrected chi connectivity index (χ1v) is 11.5. The highest BCUT2D eigenvalue weighted by Crippen LogP contribution is 2.41. The number of alkyl halides is 1. The van der Waals surface area contributed by atoms with Gasteiger partial charge in [-0.15, -0.1) is 0 Å². The summed E-state index contributed by atoms with van der Waals surface area (Å²) >= 11 is 0. The smallest absolute Gasteiger partial charge is 0.331 e. The third-order valence-corrected chi connectivity index (χ3v) is 6.22. The molecule has 1 aliphatic heterocycles. The van der Waals surface area contributed by atoms with Gasteiger partial charge in [0.15, 0.2) is 0 Å². The van der Waals surface area contributed by atoms with Crippen LogP contribution in [0.4, 0.5) is 13.6 Å². The van der Waals surface area contributed by atoms with Crippen LogP contribution < -0.4 is 16.5 Å². The molecule has 1 saturated carbocycles. The van der Waals surface area contributed by atoms with E-state index in [2.05, 4.69) is 15.6 Å². The van der Waals surface area contributed by atoms with Gasteiger partial charge in [-0.25, -0.2) is 20.0 Å². The lowest BCUT2D eigenvalue weighted by Crippen LogP contribution is -2.51. The second kappa shape index (κ2) is 10.3. The number of hydrogen-bond acceptors (Lipinski definition) is 5.